The molecule has 0 saturated heterocycles. The van der Waals surface area contributed by atoms with Crippen molar-refractivity contribution in [3.05, 3.63) is 65.4 Å². The molecule has 0 radical (unpaired) electrons. The standard InChI is InChI=1S/C20H25FN6S.HI/c1-3-22-20(24-13-15-7-8-17(21)12-16(15)14-28-2)23-10-9-19-26-25-18-6-4-5-11-27(18)19;/h4-8,11-12H,3,9-10,13-14H2,1-2H3,(H2,22,23,24);1H. The van der Waals surface area contributed by atoms with Gasteiger partial charge >= 0.3 is 0 Å². The SMILES string of the molecule is CCNC(=NCc1ccc(F)cc1CSC)NCCc1nnc2ccccn12.I. The summed E-state index contributed by atoms with van der Waals surface area (Å²) in [5.41, 5.74) is 2.87. The maximum absolute atomic E-state index is 13.5. The van der Waals surface area contributed by atoms with E-state index < -0.39 is 0 Å². The predicted molar refractivity (Wildman–Crippen MR) is 129 cm³/mol. The second-order valence-electron chi connectivity index (χ2n) is 6.26. The molecular weight excluding hydrogens is 502 g/mol. The fraction of sp³-hybridized carbons (Fsp3) is 0.350. The Morgan fingerprint density at radius 1 is 1.17 bits per heavy atom. The van der Waals surface area contributed by atoms with E-state index in [1.165, 1.54) is 6.07 Å². The lowest BCUT2D eigenvalue weighted by Gasteiger charge is -2.12. The number of rotatable bonds is 8. The zero-order valence-corrected chi connectivity index (χ0v) is 19.7. The molecule has 2 N–H and O–H groups in total. The minimum Gasteiger partial charge on any atom is -0.357 e. The van der Waals surface area contributed by atoms with Crippen LogP contribution in [-0.2, 0) is 18.7 Å². The second-order valence-corrected chi connectivity index (χ2v) is 7.13. The number of pyridine rings is 1. The molecule has 0 amide bonds. The summed E-state index contributed by atoms with van der Waals surface area (Å²) in [6.45, 7) is 3.98. The molecule has 1 aromatic carbocycles. The summed E-state index contributed by atoms with van der Waals surface area (Å²) in [6.07, 6.45) is 4.70. The number of halogens is 2. The lowest BCUT2D eigenvalue weighted by molar-refractivity contribution is 0.625. The number of thioether (sulfide) groups is 1. The molecule has 0 spiro atoms. The first kappa shape index (κ1) is 23.4. The maximum atomic E-state index is 13.5. The van der Waals surface area contributed by atoms with Crippen LogP contribution in [0.2, 0.25) is 0 Å². The molecule has 3 rings (SSSR count). The van der Waals surface area contributed by atoms with Crippen molar-refractivity contribution in [1.29, 1.82) is 0 Å². The Kier molecular flexibility index (Phi) is 9.65. The molecule has 156 valence electrons. The van der Waals surface area contributed by atoms with Gasteiger partial charge < -0.3 is 10.6 Å². The van der Waals surface area contributed by atoms with E-state index in [1.54, 1.807) is 17.8 Å². The molecule has 0 atom stereocenters. The predicted octanol–water partition coefficient (Wildman–Crippen LogP) is 3.65. The average molecular weight is 528 g/mol. The highest BCUT2D eigenvalue weighted by atomic mass is 127. The van der Waals surface area contributed by atoms with E-state index in [0.29, 0.717) is 13.1 Å². The molecule has 0 aliphatic rings. The number of hydrogen-bond donors (Lipinski definition) is 2. The summed E-state index contributed by atoms with van der Waals surface area (Å²) in [7, 11) is 0. The molecule has 0 unspecified atom stereocenters. The van der Waals surface area contributed by atoms with Crippen molar-refractivity contribution in [2.24, 2.45) is 4.99 Å². The van der Waals surface area contributed by atoms with Gasteiger partial charge in [0.1, 0.15) is 11.6 Å². The van der Waals surface area contributed by atoms with Crippen LogP contribution in [0.4, 0.5) is 4.39 Å². The Balaban J connectivity index is 0.00000300. The number of nitrogens with zero attached hydrogens (tertiary/aromatic N) is 4. The van der Waals surface area contributed by atoms with Gasteiger partial charge in [0.05, 0.1) is 6.54 Å². The van der Waals surface area contributed by atoms with Crippen molar-refractivity contribution in [3.8, 4) is 0 Å². The van der Waals surface area contributed by atoms with Gasteiger partial charge in [0, 0.05) is 31.5 Å². The normalized spacial score (nSPS) is 11.3. The van der Waals surface area contributed by atoms with E-state index in [1.807, 2.05) is 48.0 Å². The van der Waals surface area contributed by atoms with Crippen LogP contribution in [0.5, 0.6) is 0 Å². The zero-order chi connectivity index (χ0) is 19.8. The lowest BCUT2D eigenvalue weighted by atomic mass is 10.1. The smallest absolute Gasteiger partial charge is 0.191 e. The highest BCUT2D eigenvalue weighted by molar-refractivity contribution is 14.0. The van der Waals surface area contributed by atoms with Crippen LogP contribution in [0.1, 0.15) is 23.9 Å². The lowest BCUT2D eigenvalue weighted by Crippen LogP contribution is -2.38. The van der Waals surface area contributed by atoms with Gasteiger partial charge in [0.2, 0.25) is 0 Å². The van der Waals surface area contributed by atoms with Gasteiger partial charge in [-0.3, -0.25) is 4.40 Å². The third kappa shape index (κ3) is 6.56. The molecule has 3 aromatic rings. The van der Waals surface area contributed by atoms with E-state index in [9.17, 15) is 4.39 Å². The molecular formula is C20H26FIN6S. The maximum Gasteiger partial charge on any atom is 0.191 e. The number of benzene rings is 1. The summed E-state index contributed by atoms with van der Waals surface area (Å²) in [6, 6.07) is 10.8. The largest absolute Gasteiger partial charge is 0.357 e. The topological polar surface area (TPSA) is 66.6 Å². The van der Waals surface area contributed by atoms with Gasteiger partial charge in [0.15, 0.2) is 11.6 Å². The molecule has 0 fully saturated rings. The van der Waals surface area contributed by atoms with E-state index in [-0.39, 0.29) is 29.8 Å². The Hall–Kier alpha value is -1.88. The van der Waals surface area contributed by atoms with E-state index in [4.69, 9.17) is 0 Å². The third-order valence-corrected chi connectivity index (χ3v) is 4.84. The molecule has 0 saturated carbocycles. The monoisotopic (exact) mass is 528 g/mol. The first-order valence-corrected chi connectivity index (χ1v) is 10.7. The van der Waals surface area contributed by atoms with Crippen LogP contribution in [0, 0.1) is 5.82 Å². The number of hydrogen-bond acceptors (Lipinski definition) is 4. The minimum absolute atomic E-state index is 0. The van der Waals surface area contributed by atoms with Crippen LogP contribution in [0.25, 0.3) is 5.65 Å². The molecule has 0 bridgehead atoms. The molecule has 6 nitrogen and oxygen atoms in total. The number of aliphatic imine (C=N–C) groups is 1. The van der Waals surface area contributed by atoms with Gasteiger partial charge in [-0.2, -0.15) is 11.8 Å². The van der Waals surface area contributed by atoms with Crippen molar-refractivity contribution in [2.45, 2.75) is 25.6 Å². The molecule has 0 aliphatic carbocycles. The van der Waals surface area contributed by atoms with E-state index in [2.05, 4.69) is 25.8 Å². The second kappa shape index (κ2) is 12.0. The summed E-state index contributed by atoms with van der Waals surface area (Å²) in [5.74, 6) is 2.20. The number of guanidine groups is 1. The number of fused-ring (bicyclic) bond motifs is 1. The fourth-order valence-corrected chi connectivity index (χ4v) is 3.48. The Bertz CT molecular complexity index is 946. The molecule has 9 heteroatoms. The third-order valence-electron chi connectivity index (χ3n) is 4.25. The van der Waals surface area contributed by atoms with Crippen molar-refractivity contribution >= 4 is 47.3 Å². The Labute approximate surface area is 191 Å². The summed E-state index contributed by atoms with van der Waals surface area (Å²) in [5, 5.41) is 15.0. The Morgan fingerprint density at radius 3 is 2.83 bits per heavy atom. The van der Waals surface area contributed by atoms with Crippen molar-refractivity contribution in [2.75, 3.05) is 19.3 Å². The first-order valence-electron chi connectivity index (χ1n) is 9.28. The van der Waals surface area contributed by atoms with Crippen LogP contribution < -0.4 is 10.6 Å². The molecule has 2 heterocycles. The Morgan fingerprint density at radius 2 is 2.03 bits per heavy atom. The molecule has 29 heavy (non-hydrogen) atoms. The van der Waals surface area contributed by atoms with Crippen LogP contribution in [-0.4, -0.2) is 39.9 Å². The summed E-state index contributed by atoms with van der Waals surface area (Å²) in [4.78, 5) is 4.66. The fourth-order valence-electron chi connectivity index (χ4n) is 2.90. The van der Waals surface area contributed by atoms with Crippen molar-refractivity contribution in [3.63, 3.8) is 0 Å². The quantitative estimate of drug-likeness (QED) is 0.266. The van der Waals surface area contributed by atoms with Gasteiger partial charge in [0.25, 0.3) is 0 Å². The van der Waals surface area contributed by atoms with Crippen LogP contribution in [0.3, 0.4) is 0 Å². The number of nitrogens with one attached hydrogen (secondary N) is 2. The molecule has 2 aromatic heterocycles. The van der Waals surface area contributed by atoms with Crippen LogP contribution in [0.15, 0.2) is 47.6 Å². The highest BCUT2D eigenvalue weighted by Gasteiger charge is 2.07. The van der Waals surface area contributed by atoms with E-state index >= 15 is 0 Å². The summed E-state index contributed by atoms with van der Waals surface area (Å²) >= 11 is 1.67. The average Bonchev–Trinajstić information content (AvgIpc) is 3.11. The van der Waals surface area contributed by atoms with Gasteiger partial charge in [-0.15, -0.1) is 34.2 Å². The number of aromatic nitrogens is 3. The van der Waals surface area contributed by atoms with E-state index in [0.717, 1.165) is 47.3 Å². The first-order chi connectivity index (χ1) is 13.7. The zero-order valence-electron chi connectivity index (χ0n) is 16.6. The highest BCUT2D eigenvalue weighted by Crippen LogP contribution is 2.17. The van der Waals surface area contributed by atoms with Gasteiger partial charge in [-0.1, -0.05) is 12.1 Å². The summed E-state index contributed by atoms with van der Waals surface area (Å²) < 4.78 is 15.5. The van der Waals surface area contributed by atoms with Crippen molar-refractivity contribution < 1.29 is 4.39 Å². The molecule has 0 aliphatic heterocycles. The van der Waals surface area contributed by atoms with Gasteiger partial charge in [-0.05, 0) is 48.6 Å². The van der Waals surface area contributed by atoms with Gasteiger partial charge in [-0.25, -0.2) is 9.38 Å². The minimum atomic E-state index is -0.206. The van der Waals surface area contributed by atoms with Crippen molar-refractivity contribution in [1.82, 2.24) is 25.2 Å². The van der Waals surface area contributed by atoms with Crippen LogP contribution >= 0.6 is 35.7 Å².